The molecule has 2 rings (SSSR count). The van der Waals surface area contributed by atoms with E-state index in [0.29, 0.717) is 19.1 Å². The van der Waals surface area contributed by atoms with Crippen molar-refractivity contribution in [1.82, 2.24) is 15.2 Å². The van der Waals surface area contributed by atoms with Gasteiger partial charge in [-0.15, -0.1) is 0 Å². The molecule has 1 aliphatic heterocycles. The average molecular weight is 327 g/mol. The molecule has 2 heterocycles. The molecule has 0 bridgehead atoms. The largest absolute Gasteiger partial charge is 0.369 e. The molecule has 1 fully saturated rings. The highest BCUT2D eigenvalue weighted by atomic mass is 79.9. The highest BCUT2D eigenvalue weighted by Gasteiger charge is 2.22. The number of nitrogens with zero attached hydrogens (tertiary/aromatic N) is 2. The molecule has 104 valence electrons. The molecule has 1 saturated heterocycles. The van der Waals surface area contributed by atoms with Crippen LogP contribution in [0.3, 0.4) is 0 Å². The Kier molecular flexibility index (Phi) is 5.30. The number of primary amides is 1. The van der Waals surface area contributed by atoms with Crippen molar-refractivity contribution >= 4 is 21.8 Å². The maximum atomic E-state index is 11.2. The van der Waals surface area contributed by atoms with Crippen LogP contribution in [0.1, 0.15) is 18.5 Å². The number of halogens is 1. The van der Waals surface area contributed by atoms with Crippen molar-refractivity contribution in [2.45, 2.75) is 25.4 Å². The molecule has 0 atom stereocenters. The first-order chi connectivity index (χ1) is 9.15. The van der Waals surface area contributed by atoms with Crippen LogP contribution in [-0.4, -0.2) is 41.5 Å². The summed E-state index contributed by atoms with van der Waals surface area (Å²) in [7, 11) is 0. The van der Waals surface area contributed by atoms with Crippen molar-refractivity contribution in [3.8, 4) is 0 Å². The number of pyridine rings is 1. The van der Waals surface area contributed by atoms with E-state index in [-0.39, 0.29) is 5.91 Å². The summed E-state index contributed by atoms with van der Waals surface area (Å²) >= 11 is 3.37. The molecule has 0 radical (unpaired) electrons. The van der Waals surface area contributed by atoms with E-state index in [0.717, 1.165) is 36.1 Å². The number of piperidine rings is 1. The van der Waals surface area contributed by atoms with Gasteiger partial charge in [0.25, 0.3) is 0 Å². The SMILES string of the molecule is NC(=O)CN(Cc1ccc(Br)cn1)C1CCNCC1. The molecule has 1 aromatic heterocycles. The Morgan fingerprint density at radius 1 is 1.47 bits per heavy atom. The molecule has 1 aliphatic rings. The fourth-order valence-corrected chi connectivity index (χ4v) is 2.63. The number of hydrogen-bond acceptors (Lipinski definition) is 4. The van der Waals surface area contributed by atoms with Crippen LogP contribution in [0.25, 0.3) is 0 Å². The zero-order valence-electron chi connectivity index (χ0n) is 10.8. The fourth-order valence-electron chi connectivity index (χ4n) is 2.39. The van der Waals surface area contributed by atoms with Crippen LogP contribution < -0.4 is 11.1 Å². The Labute approximate surface area is 121 Å². The van der Waals surface area contributed by atoms with E-state index < -0.39 is 0 Å². The molecule has 6 heteroatoms. The summed E-state index contributed by atoms with van der Waals surface area (Å²) in [6, 6.07) is 4.34. The summed E-state index contributed by atoms with van der Waals surface area (Å²) in [4.78, 5) is 17.7. The third-order valence-corrected chi connectivity index (χ3v) is 3.81. The second kappa shape index (κ2) is 6.98. The summed E-state index contributed by atoms with van der Waals surface area (Å²) in [5.41, 5.74) is 6.31. The molecule has 0 aliphatic carbocycles. The van der Waals surface area contributed by atoms with Crippen LogP contribution >= 0.6 is 15.9 Å². The normalized spacial score (nSPS) is 16.7. The number of nitrogens with two attached hydrogens (primary N) is 1. The molecule has 1 amide bonds. The Morgan fingerprint density at radius 2 is 2.21 bits per heavy atom. The smallest absolute Gasteiger partial charge is 0.231 e. The van der Waals surface area contributed by atoms with E-state index in [9.17, 15) is 4.79 Å². The van der Waals surface area contributed by atoms with Gasteiger partial charge in [-0.25, -0.2) is 0 Å². The fraction of sp³-hybridized carbons (Fsp3) is 0.538. The highest BCUT2D eigenvalue weighted by molar-refractivity contribution is 9.10. The van der Waals surface area contributed by atoms with Crippen molar-refractivity contribution < 1.29 is 4.79 Å². The van der Waals surface area contributed by atoms with E-state index in [1.807, 2.05) is 12.1 Å². The topological polar surface area (TPSA) is 71.2 Å². The molecule has 0 spiro atoms. The van der Waals surface area contributed by atoms with Gasteiger partial charge >= 0.3 is 0 Å². The first-order valence-electron chi connectivity index (χ1n) is 6.48. The van der Waals surface area contributed by atoms with Gasteiger partial charge in [0.2, 0.25) is 5.91 Å². The van der Waals surface area contributed by atoms with Crippen molar-refractivity contribution in [2.24, 2.45) is 5.73 Å². The molecule has 0 aromatic carbocycles. The lowest BCUT2D eigenvalue weighted by molar-refractivity contribution is -0.120. The zero-order valence-corrected chi connectivity index (χ0v) is 12.4. The minimum atomic E-state index is -0.282. The third kappa shape index (κ3) is 4.56. The van der Waals surface area contributed by atoms with Crippen molar-refractivity contribution in [2.75, 3.05) is 19.6 Å². The lowest BCUT2D eigenvalue weighted by atomic mass is 10.0. The van der Waals surface area contributed by atoms with E-state index in [2.05, 4.69) is 31.1 Å². The van der Waals surface area contributed by atoms with Crippen LogP contribution in [0.2, 0.25) is 0 Å². The maximum Gasteiger partial charge on any atom is 0.231 e. The van der Waals surface area contributed by atoms with E-state index >= 15 is 0 Å². The summed E-state index contributed by atoms with van der Waals surface area (Å²) < 4.78 is 0.958. The predicted octanol–water partition coefficient (Wildman–Crippen LogP) is 0.883. The highest BCUT2D eigenvalue weighted by Crippen LogP contribution is 2.15. The van der Waals surface area contributed by atoms with E-state index in [4.69, 9.17) is 5.73 Å². The van der Waals surface area contributed by atoms with Crippen molar-refractivity contribution in [1.29, 1.82) is 0 Å². The average Bonchev–Trinajstić information content (AvgIpc) is 2.41. The Morgan fingerprint density at radius 3 is 2.79 bits per heavy atom. The number of rotatable bonds is 5. The second-order valence-electron chi connectivity index (χ2n) is 4.82. The monoisotopic (exact) mass is 326 g/mol. The van der Waals surface area contributed by atoms with Gasteiger partial charge < -0.3 is 11.1 Å². The summed E-state index contributed by atoms with van der Waals surface area (Å²) in [5.74, 6) is -0.282. The lowest BCUT2D eigenvalue weighted by Gasteiger charge is -2.33. The van der Waals surface area contributed by atoms with Crippen molar-refractivity contribution in [3.63, 3.8) is 0 Å². The number of aromatic nitrogens is 1. The second-order valence-corrected chi connectivity index (χ2v) is 5.74. The lowest BCUT2D eigenvalue weighted by Crippen LogP contribution is -2.46. The first-order valence-corrected chi connectivity index (χ1v) is 7.28. The number of nitrogens with one attached hydrogen (secondary N) is 1. The molecule has 5 nitrogen and oxygen atoms in total. The molecule has 3 N–H and O–H groups in total. The van der Waals surface area contributed by atoms with Gasteiger partial charge in [-0.1, -0.05) is 0 Å². The third-order valence-electron chi connectivity index (χ3n) is 3.34. The summed E-state index contributed by atoms with van der Waals surface area (Å²) in [5, 5.41) is 3.33. The molecule has 19 heavy (non-hydrogen) atoms. The number of carbonyl (C=O) groups is 1. The van der Waals surface area contributed by atoms with E-state index in [1.54, 1.807) is 6.20 Å². The van der Waals surface area contributed by atoms with Crippen LogP contribution in [0.4, 0.5) is 0 Å². The van der Waals surface area contributed by atoms with Crippen LogP contribution in [0.5, 0.6) is 0 Å². The Balaban J connectivity index is 2.03. The number of hydrogen-bond donors (Lipinski definition) is 2. The quantitative estimate of drug-likeness (QED) is 0.842. The van der Waals surface area contributed by atoms with Gasteiger partial charge in [0, 0.05) is 23.3 Å². The van der Waals surface area contributed by atoms with Crippen LogP contribution in [0, 0.1) is 0 Å². The van der Waals surface area contributed by atoms with Gasteiger partial charge in [-0.05, 0) is 54.0 Å². The van der Waals surface area contributed by atoms with Crippen LogP contribution in [0.15, 0.2) is 22.8 Å². The van der Waals surface area contributed by atoms with Gasteiger partial charge in [0.15, 0.2) is 0 Å². The van der Waals surface area contributed by atoms with Crippen LogP contribution in [-0.2, 0) is 11.3 Å². The minimum absolute atomic E-state index is 0.282. The molecular formula is C13H19BrN4O. The summed E-state index contributed by atoms with van der Waals surface area (Å²) in [6.07, 6.45) is 3.87. The van der Waals surface area contributed by atoms with Gasteiger partial charge in [-0.2, -0.15) is 0 Å². The first kappa shape index (κ1) is 14.4. The summed E-state index contributed by atoms with van der Waals surface area (Å²) in [6.45, 7) is 2.95. The van der Waals surface area contributed by atoms with Gasteiger partial charge in [0.05, 0.1) is 12.2 Å². The molecule has 1 aromatic rings. The molecule has 0 saturated carbocycles. The Hall–Kier alpha value is -0.980. The Bertz CT molecular complexity index is 417. The standard InChI is InChI=1S/C13H19BrN4O/c14-10-1-2-11(17-7-10)8-18(9-13(15)19)12-3-5-16-6-4-12/h1-2,7,12,16H,3-6,8-9H2,(H2,15,19). The van der Waals surface area contributed by atoms with Gasteiger partial charge in [0.1, 0.15) is 0 Å². The van der Waals surface area contributed by atoms with Gasteiger partial charge in [-0.3, -0.25) is 14.7 Å². The van der Waals surface area contributed by atoms with Crippen molar-refractivity contribution in [3.05, 3.63) is 28.5 Å². The number of carbonyl (C=O) groups excluding carboxylic acids is 1. The molecule has 0 unspecified atom stereocenters. The van der Waals surface area contributed by atoms with E-state index in [1.165, 1.54) is 0 Å². The number of amides is 1. The molecular weight excluding hydrogens is 308 g/mol. The predicted molar refractivity (Wildman–Crippen MR) is 77.4 cm³/mol. The minimum Gasteiger partial charge on any atom is -0.369 e. The maximum absolute atomic E-state index is 11.2. The zero-order chi connectivity index (χ0) is 13.7.